The molecule has 2 amide bonds. The standard InChI is InChI=1S/C19H21ClN2O/c1-19(2,15-7-9-16(20)10-8-15)13-21-18(23)22-12-11-14-5-3-4-6-17(14)22/h3-10H,11-13H2,1-2H3,(H,21,23). The highest BCUT2D eigenvalue weighted by molar-refractivity contribution is 6.30. The molecule has 2 aromatic rings. The van der Waals surface area contributed by atoms with Crippen LogP contribution in [0.15, 0.2) is 48.5 Å². The lowest BCUT2D eigenvalue weighted by atomic mass is 9.85. The van der Waals surface area contributed by atoms with Crippen LogP contribution in [0.4, 0.5) is 10.5 Å². The summed E-state index contributed by atoms with van der Waals surface area (Å²) in [6.45, 7) is 5.56. The Morgan fingerprint density at radius 3 is 2.61 bits per heavy atom. The molecular weight excluding hydrogens is 308 g/mol. The maximum atomic E-state index is 12.5. The molecule has 1 N–H and O–H groups in total. The first-order valence-electron chi connectivity index (χ1n) is 7.87. The summed E-state index contributed by atoms with van der Waals surface area (Å²) in [6, 6.07) is 15.9. The zero-order valence-electron chi connectivity index (χ0n) is 13.5. The average Bonchev–Trinajstić information content (AvgIpc) is 2.97. The van der Waals surface area contributed by atoms with Gasteiger partial charge in [-0.25, -0.2) is 4.79 Å². The van der Waals surface area contributed by atoms with Crippen molar-refractivity contribution in [1.82, 2.24) is 5.32 Å². The SMILES string of the molecule is CC(C)(CNC(=O)N1CCc2ccccc21)c1ccc(Cl)cc1. The first kappa shape index (κ1) is 15.9. The second-order valence-electron chi connectivity index (χ2n) is 6.58. The molecule has 0 saturated carbocycles. The predicted molar refractivity (Wildman–Crippen MR) is 95.4 cm³/mol. The number of amides is 2. The quantitative estimate of drug-likeness (QED) is 0.890. The van der Waals surface area contributed by atoms with E-state index in [0.717, 1.165) is 29.2 Å². The molecule has 1 aliphatic heterocycles. The molecule has 1 heterocycles. The van der Waals surface area contributed by atoms with Gasteiger partial charge in [-0.1, -0.05) is 55.8 Å². The van der Waals surface area contributed by atoms with E-state index in [9.17, 15) is 4.79 Å². The minimum Gasteiger partial charge on any atom is -0.337 e. The summed E-state index contributed by atoms with van der Waals surface area (Å²) in [7, 11) is 0. The van der Waals surface area contributed by atoms with E-state index in [1.165, 1.54) is 5.56 Å². The fraction of sp³-hybridized carbons (Fsp3) is 0.316. The third-order valence-electron chi connectivity index (χ3n) is 4.44. The highest BCUT2D eigenvalue weighted by Crippen LogP contribution is 2.28. The van der Waals surface area contributed by atoms with Crippen LogP contribution >= 0.6 is 11.6 Å². The molecule has 3 nitrogen and oxygen atoms in total. The number of halogens is 1. The van der Waals surface area contributed by atoms with Crippen LogP contribution in [-0.2, 0) is 11.8 Å². The van der Waals surface area contributed by atoms with Gasteiger partial charge in [-0.05, 0) is 35.7 Å². The van der Waals surface area contributed by atoms with Crippen molar-refractivity contribution < 1.29 is 4.79 Å². The van der Waals surface area contributed by atoms with Crippen molar-refractivity contribution in [2.24, 2.45) is 0 Å². The van der Waals surface area contributed by atoms with Crippen molar-refractivity contribution in [3.63, 3.8) is 0 Å². The Balaban J connectivity index is 1.66. The number of urea groups is 1. The lowest BCUT2D eigenvalue weighted by molar-refractivity contribution is 0.244. The van der Waals surface area contributed by atoms with Crippen LogP contribution in [0.2, 0.25) is 5.02 Å². The van der Waals surface area contributed by atoms with Gasteiger partial charge in [-0.3, -0.25) is 4.90 Å². The highest BCUT2D eigenvalue weighted by atomic mass is 35.5. The molecule has 0 fully saturated rings. The Kier molecular flexibility index (Phi) is 4.31. The third kappa shape index (κ3) is 3.35. The molecule has 4 heteroatoms. The first-order chi connectivity index (χ1) is 11.0. The van der Waals surface area contributed by atoms with Gasteiger partial charge in [0.15, 0.2) is 0 Å². The lowest BCUT2D eigenvalue weighted by Crippen LogP contribution is -2.44. The number of nitrogens with one attached hydrogen (secondary N) is 1. The van der Waals surface area contributed by atoms with E-state index in [-0.39, 0.29) is 11.4 Å². The molecule has 1 aliphatic rings. The number of anilines is 1. The van der Waals surface area contributed by atoms with Gasteiger partial charge in [0.05, 0.1) is 0 Å². The molecule has 0 saturated heterocycles. The van der Waals surface area contributed by atoms with E-state index in [0.29, 0.717) is 6.54 Å². The van der Waals surface area contributed by atoms with Gasteiger partial charge < -0.3 is 5.32 Å². The van der Waals surface area contributed by atoms with Gasteiger partial charge in [0.1, 0.15) is 0 Å². The molecule has 0 spiro atoms. The van der Waals surface area contributed by atoms with E-state index in [1.54, 1.807) is 0 Å². The van der Waals surface area contributed by atoms with Crippen LogP contribution in [0.3, 0.4) is 0 Å². The van der Waals surface area contributed by atoms with E-state index in [1.807, 2.05) is 47.4 Å². The second kappa shape index (κ2) is 6.25. The van der Waals surface area contributed by atoms with Crippen LogP contribution < -0.4 is 10.2 Å². The molecule has 0 bridgehead atoms. The number of rotatable bonds is 3. The molecule has 0 aromatic heterocycles. The van der Waals surface area contributed by atoms with E-state index >= 15 is 0 Å². The van der Waals surface area contributed by atoms with Crippen molar-refractivity contribution in [3.8, 4) is 0 Å². The van der Waals surface area contributed by atoms with E-state index in [4.69, 9.17) is 11.6 Å². The Hall–Kier alpha value is -2.00. The summed E-state index contributed by atoms with van der Waals surface area (Å²) < 4.78 is 0. The Morgan fingerprint density at radius 2 is 1.87 bits per heavy atom. The molecule has 0 unspecified atom stereocenters. The number of nitrogens with zero attached hydrogens (tertiary/aromatic N) is 1. The normalized spacial score (nSPS) is 13.8. The summed E-state index contributed by atoms with van der Waals surface area (Å²) in [6.07, 6.45) is 0.921. The smallest absolute Gasteiger partial charge is 0.321 e. The molecule has 0 radical (unpaired) electrons. The van der Waals surface area contributed by atoms with Crippen molar-refractivity contribution >= 4 is 23.3 Å². The highest BCUT2D eigenvalue weighted by Gasteiger charge is 2.26. The van der Waals surface area contributed by atoms with Crippen molar-refractivity contribution in [3.05, 3.63) is 64.7 Å². The summed E-state index contributed by atoms with van der Waals surface area (Å²) in [4.78, 5) is 14.4. The number of carbonyl (C=O) groups is 1. The van der Waals surface area contributed by atoms with Gasteiger partial charge in [-0.2, -0.15) is 0 Å². The fourth-order valence-electron chi connectivity index (χ4n) is 2.94. The molecule has 120 valence electrons. The molecular formula is C19H21ClN2O. The number of para-hydroxylation sites is 1. The summed E-state index contributed by atoms with van der Waals surface area (Å²) in [5.74, 6) is 0. The number of hydrogen-bond donors (Lipinski definition) is 1. The van der Waals surface area contributed by atoms with Crippen LogP contribution in [0.25, 0.3) is 0 Å². The van der Waals surface area contributed by atoms with Crippen LogP contribution in [0, 0.1) is 0 Å². The maximum Gasteiger partial charge on any atom is 0.321 e. The average molecular weight is 329 g/mol. The fourth-order valence-corrected chi connectivity index (χ4v) is 3.07. The number of carbonyl (C=O) groups excluding carboxylic acids is 1. The van der Waals surface area contributed by atoms with Crippen LogP contribution in [-0.4, -0.2) is 19.1 Å². The number of fused-ring (bicyclic) bond motifs is 1. The molecule has 23 heavy (non-hydrogen) atoms. The Morgan fingerprint density at radius 1 is 1.17 bits per heavy atom. The van der Waals surface area contributed by atoms with Gasteiger partial charge >= 0.3 is 6.03 Å². The molecule has 0 aliphatic carbocycles. The zero-order chi connectivity index (χ0) is 16.4. The van der Waals surface area contributed by atoms with E-state index in [2.05, 4.69) is 25.2 Å². The predicted octanol–water partition coefficient (Wildman–Crippen LogP) is 4.39. The van der Waals surface area contributed by atoms with E-state index < -0.39 is 0 Å². The van der Waals surface area contributed by atoms with Crippen molar-refractivity contribution in [1.29, 1.82) is 0 Å². The maximum absolute atomic E-state index is 12.5. The number of benzene rings is 2. The largest absolute Gasteiger partial charge is 0.337 e. The lowest BCUT2D eigenvalue weighted by Gasteiger charge is -2.27. The van der Waals surface area contributed by atoms with Crippen molar-refractivity contribution in [2.45, 2.75) is 25.7 Å². The molecule has 3 rings (SSSR count). The third-order valence-corrected chi connectivity index (χ3v) is 4.69. The zero-order valence-corrected chi connectivity index (χ0v) is 14.2. The van der Waals surface area contributed by atoms with Gasteiger partial charge in [0.2, 0.25) is 0 Å². The van der Waals surface area contributed by atoms with Crippen LogP contribution in [0.5, 0.6) is 0 Å². The van der Waals surface area contributed by atoms with Gasteiger partial charge in [0.25, 0.3) is 0 Å². The van der Waals surface area contributed by atoms with Crippen molar-refractivity contribution in [2.75, 3.05) is 18.0 Å². The minimum absolute atomic E-state index is 0.0306. The van der Waals surface area contributed by atoms with Gasteiger partial charge in [0, 0.05) is 29.2 Å². The molecule has 0 atom stereocenters. The summed E-state index contributed by atoms with van der Waals surface area (Å²) >= 11 is 5.95. The monoisotopic (exact) mass is 328 g/mol. The first-order valence-corrected chi connectivity index (χ1v) is 8.24. The Labute approximate surface area is 142 Å². The summed E-state index contributed by atoms with van der Waals surface area (Å²) in [5, 5.41) is 3.80. The van der Waals surface area contributed by atoms with Crippen LogP contribution in [0.1, 0.15) is 25.0 Å². The summed E-state index contributed by atoms with van der Waals surface area (Å²) in [5.41, 5.74) is 3.26. The molecule has 2 aromatic carbocycles. The Bertz CT molecular complexity index is 710. The topological polar surface area (TPSA) is 32.3 Å². The number of hydrogen-bond acceptors (Lipinski definition) is 1. The minimum atomic E-state index is -0.153. The van der Waals surface area contributed by atoms with Gasteiger partial charge in [-0.15, -0.1) is 0 Å². The second-order valence-corrected chi connectivity index (χ2v) is 7.02.